The Hall–Kier alpha value is -3.49. The molecular weight excluding hydrogens is 455 g/mol. The molecule has 6 nitrogen and oxygen atoms in total. The van der Waals surface area contributed by atoms with Crippen LogP contribution in [0.3, 0.4) is 0 Å². The fraction of sp³-hybridized carbons (Fsp3) is 0.192. The van der Waals surface area contributed by atoms with E-state index in [1.165, 1.54) is 23.9 Å². The smallest absolute Gasteiger partial charge is 0.343 e. The molecule has 4 aromatic rings. The van der Waals surface area contributed by atoms with E-state index in [2.05, 4.69) is 0 Å². The molecule has 1 atom stereocenters. The number of carbonyl (C=O) groups excluding carboxylic acids is 1. The van der Waals surface area contributed by atoms with Crippen molar-refractivity contribution in [2.24, 2.45) is 0 Å². The Morgan fingerprint density at radius 1 is 1.18 bits per heavy atom. The Morgan fingerprint density at radius 2 is 1.97 bits per heavy atom. The minimum atomic E-state index is -1.86. The van der Waals surface area contributed by atoms with Crippen LogP contribution < -0.4 is 5.56 Å². The van der Waals surface area contributed by atoms with Crippen molar-refractivity contribution in [2.75, 3.05) is 0 Å². The van der Waals surface area contributed by atoms with Crippen molar-refractivity contribution in [1.29, 1.82) is 0 Å². The molecule has 0 radical (unpaired) electrons. The zero-order chi connectivity index (χ0) is 23.6. The lowest BCUT2D eigenvalue weighted by molar-refractivity contribution is -0.172. The van der Waals surface area contributed by atoms with Gasteiger partial charge in [-0.15, -0.1) is 0 Å². The largest absolute Gasteiger partial charge is 0.458 e. The van der Waals surface area contributed by atoms with Gasteiger partial charge in [0.1, 0.15) is 12.4 Å². The van der Waals surface area contributed by atoms with Gasteiger partial charge in [-0.3, -0.25) is 4.79 Å². The predicted octanol–water partition coefficient (Wildman–Crippen LogP) is 4.37. The molecule has 0 saturated heterocycles. The van der Waals surface area contributed by atoms with Crippen LogP contribution in [0.1, 0.15) is 30.0 Å². The summed E-state index contributed by atoms with van der Waals surface area (Å²) in [5, 5.41) is 12.0. The highest BCUT2D eigenvalue weighted by molar-refractivity contribution is 7.99. The number of nitrogens with zero attached hydrogens (tertiary/aromatic N) is 2. The molecular formula is C26H19FN2O4S. The maximum absolute atomic E-state index is 13.3. The van der Waals surface area contributed by atoms with Crippen LogP contribution in [0, 0.1) is 5.82 Å². The van der Waals surface area contributed by atoms with Crippen LogP contribution in [0.25, 0.3) is 22.3 Å². The number of rotatable bonds is 3. The summed E-state index contributed by atoms with van der Waals surface area (Å²) in [4.78, 5) is 32.4. The van der Waals surface area contributed by atoms with Gasteiger partial charge in [0.15, 0.2) is 5.60 Å². The van der Waals surface area contributed by atoms with Gasteiger partial charge in [0.2, 0.25) is 0 Å². The topological polar surface area (TPSA) is 81.4 Å². The van der Waals surface area contributed by atoms with Crippen molar-refractivity contribution < 1.29 is 19.0 Å². The second kappa shape index (κ2) is 7.51. The number of pyridine rings is 2. The van der Waals surface area contributed by atoms with Crippen LogP contribution in [0.2, 0.25) is 0 Å². The van der Waals surface area contributed by atoms with Crippen LogP contribution in [0.5, 0.6) is 0 Å². The number of aromatic nitrogens is 2. The van der Waals surface area contributed by atoms with Crippen LogP contribution in [-0.4, -0.2) is 20.6 Å². The number of aliphatic hydroxyl groups is 1. The third kappa shape index (κ3) is 3.02. The Labute approximate surface area is 198 Å². The van der Waals surface area contributed by atoms with Crippen molar-refractivity contribution in [3.05, 3.63) is 87.5 Å². The normalized spacial score (nSPS) is 18.4. The Balaban J connectivity index is 1.53. The van der Waals surface area contributed by atoms with E-state index in [0.717, 1.165) is 26.3 Å². The van der Waals surface area contributed by atoms with Crippen LogP contribution in [0.15, 0.2) is 69.2 Å². The summed E-state index contributed by atoms with van der Waals surface area (Å²) in [6.07, 6.45) is 0.0954. The molecule has 170 valence electrons. The van der Waals surface area contributed by atoms with Crippen molar-refractivity contribution in [1.82, 2.24) is 9.55 Å². The molecule has 0 aliphatic carbocycles. The maximum atomic E-state index is 13.3. The number of esters is 1. The number of hydrogen-bond acceptors (Lipinski definition) is 6. The van der Waals surface area contributed by atoms with E-state index in [4.69, 9.17) is 9.72 Å². The molecule has 2 aliphatic rings. The molecule has 0 unspecified atom stereocenters. The van der Waals surface area contributed by atoms with E-state index >= 15 is 0 Å². The summed E-state index contributed by atoms with van der Waals surface area (Å²) in [7, 11) is 0. The third-order valence-electron chi connectivity index (χ3n) is 6.54. The summed E-state index contributed by atoms with van der Waals surface area (Å²) in [5.41, 5.74) is 1.34. The summed E-state index contributed by atoms with van der Waals surface area (Å²) < 4.78 is 20.1. The van der Waals surface area contributed by atoms with E-state index < -0.39 is 11.6 Å². The molecule has 8 heteroatoms. The van der Waals surface area contributed by atoms with Crippen LogP contribution in [0.4, 0.5) is 4.39 Å². The van der Waals surface area contributed by atoms with E-state index in [0.29, 0.717) is 29.1 Å². The van der Waals surface area contributed by atoms with Crippen molar-refractivity contribution in [3.63, 3.8) is 0 Å². The van der Waals surface area contributed by atoms with Gasteiger partial charge < -0.3 is 14.4 Å². The van der Waals surface area contributed by atoms with Crippen LogP contribution >= 0.6 is 11.8 Å². The Bertz CT molecular complexity index is 1560. The molecule has 0 saturated carbocycles. The second-order valence-electron chi connectivity index (χ2n) is 8.48. The number of cyclic esters (lactones) is 1. The molecule has 2 aromatic heterocycles. The lowest BCUT2D eigenvalue weighted by Gasteiger charge is -2.31. The number of benzene rings is 2. The average molecular weight is 475 g/mol. The monoisotopic (exact) mass is 474 g/mol. The second-order valence-corrected chi connectivity index (χ2v) is 9.60. The first-order chi connectivity index (χ1) is 16.4. The highest BCUT2D eigenvalue weighted by atomic mass is 32.2. The zero-order valence-electron chi connectivity index (χ0n) is 18.2. The molecule has 0 fully saturated rings. The summed E-state index contributed by atoms with van der Waals surface area (Å²) in [6, 6.07) is 15.9. The molecule has 4 heterocycles. The quantitative estimate of drug-likeness (QED) is 0.391. The molecule has 0 bridgehead atoms. The van der Waals surface area contributed by atoms with E-state index in [9.17, 15) is 19.1 Å². The first-order valence-electron chi connectivity index (χ1n) is 10.9. The minimum absolute atomic E-state index is 0.0954. The molecule has 0 amide bonds. The number of halogens is 1. The number of ether oxygens (including phenoxy) is 1. The van der Waals surface area contributed by atoms with E-state index in [1.807, 2.05) is 24.3 Å². The van der Waals surface area contributed by atoms with Crippen LogP contribution in [-0.2, 0) is 28.3 Å². The SMILES string of the molecule is CC[C@@]1(O)C(=O)OCc2c1cc1n(c2=O)Cc2cc3cccc(Sc4ccc(F)cc4)c3nc2-1. The van der Waals surface area contributed by atoms with Crippen molar-refractivity contribution in [3.8, 4) is 11.4 Å². The highest BCUT2D eigenvalue weighted by Gasteiger charge is 2.45. The molecule has 2 aromatic carbocycles. The lowest BCUT2D eigenvalue weighted by atomic mass is 9.86. The first-order valence-corrected chi connectivity index (χ1v) is 11.7. The standard InChI is InChI=1S/C26H19FN2O4S/c1-2-26(32)19-11-20-22-15(12-29(20)24(30)18(19)13-33-25(26)31)10-14-4-3-5-21(23(14)28-22)34-17-8-6-16(27)7-9-17/h3-11,32H,2,12-13H2,1H3/t26-/m0/s1. The Kier molecular flexibility index (Phi) is 4.65. The zero-order valence-corrected chi connectivity index (χ0v) is 19.0. The third-order valence-corrected chi connectivity index (χ3v) is 7.60. The van der Waals surface area contributed by atoms with Gasteiger partial charge in [0.05, 0.1) is 29.0 Å². The van der Waals surface area contributed by atoms with Gasteiger partial charge >= 0.3 is 5.97 Å². The van der Waals surface area contributed by atoms with Gasteiger partial charge in [-0.1, -0.05) is 30.8 Å². The Morgan fingerprint density at radius 3 is 2.74 bits per heavy atom. The number of carbonyl (C=O) groups is 1. The number of fused-ring (bicyclic) bond motifs is 5. The number of para-hydroxylation sites is 1. The maximum Gasteiger partial charge on any atom is 0.343 e. The summed E-state index contributed by atoms with van der Waals surface area (Å²) >= 11 is 1.48. The molecule has 34 heavy (non-hydrogen) atoms. The first kappa shape index (κ1) is 21.1. The minimum Gasteiger partial charge on any atom is -0.458 e. The molecule has 1 N–H and O–H groups in total. The number of hydrogen-bond donors (Lipinski definition) is 1. The van der Waals surface area contributed by atoms with Crippen molar-refractivity contribution >= 4 is 28.6 Å². The van der Waals surface area contributed by atoms with Crippen molar-refractivity contribution in [2.45, 2.75) is 41.9 Å². The predicted molar refractivity (Wildman–Crippen MR) is 125 cm³/mol. The average Bonchev–Trinajstić information content (AvgIpc) is 3.20. The van der Waals surface area contributed by atoms with E-state index in [1.54, 1.807) is 29.7 Å². The van der Waals surface area contributed by atoms with Gasteiger partial charge in [-0.25, -0.2) is 14.2 Å². The van der Waals surface area contributed by atoms with Gasteiger partial charge in [-0.2, -0.15) is 0 Å². The van der Waals surface area contributed by atoms with Gasteiger partial charge in [-0.05, 0) is 48.9 Å². The summed E-state index contributed by atoms with van der Waals surface area (Å²) in [6.45, 7) is 1.88. The van der Waals surface area contributed by atoms with Gasteiger partial charge in [0.25, 0.3) is 5.56 Å². The molecule has 2 aliphatic heterocycles. The highest BCUT2D eigenvalue weighted by Crippen LogP contribution is 2.40. The molecule has 6 rings (SSSR count). The molecule has 0 spiro atoms. The lowest BCUT2D eigenvalue weighted by Crippen LogP contribution is -2.44. The fourth-order valence-corrected chi connectivity index (χ4v) is 5.63. The van der Waals surface area contributed by atoms with Gasteiger partial charge in [0, 0.05) is 26.3 Å². The van der Waals surface area contributed by atoms with E-state index in [-0.39, 0.29) is 24.4 Å². The fourth-order valence-electron chi connectivity index (χ4n) is 4.69. The summed E-state index contributed by atoms with van der Waals surface area (Å²) in [5.74, 6) is -1.03.